The van der Waals surface area contributed by atoms with Crippen LogP contribution in [-0.2, 0) is 27.9 Å². The number of nitrogens with one attached hydrogen (secondary N) is 1. The van der Waals surface area contributed by atoms with Gasteiger partial charge in [0.15, 0.2) is 6.29 Å². The molecule has 2 fully saturated rings. The van der Waals surface area contributed by atoms with E-state index < -0.39 is 101 Å². The highest BCUT2D eigenvalue weighted by Gasteiger charge is 2.55. The minimum atomic E-state index is -5.31. The van der Waals surface area contributed by atoms with E-state index in [2.05, 4.69) is 19.2 Å². The lowest BCUT2D eigenvalue weighted by Gasteiger charge is -2.47. The molecule has 17 nitrogen and oxygen atoms in total. The molecule has 11 N–H and O–H groups in total. The molecular formula is C54H106NO16P. The van der Waals surface area contributed by atoms with Crippen LogP contribution in [-0.4, -0.2) is 149 Å². The Kier molecular flexibility index (Phi) is 38.5. The van der Waals surface area contributed by atoms with Gasteiger partial charge in [-0.25, -0.2) is 4.57 Å². The maximum atomic E-state index is 13.5. The van der Waals surface area contributed by atoms with E-state index in [4.69, 9.17) is 18.5 Å². The second-order valence-electron chi connectivity index (χ2n) is 21.2. The molecule has 0 bridgehead atoms. The Morgan fingerprint density at radius 1 is 0.514 bits per heavy atom. The Bertz CT molecular complexity index is 1350. The van der Waals surface area contributed by atoms with Crippen molar-refractivity contribution in [2.24, 2.45) is 0 Å². The maximum Gasteiger partial charge on any atom is 0.472 e. The highest BCUT2D eigenvalue weighted by molar-refractivity contribution is 7.47. The lowest BCUT2D eigenvalue weighted by molar-refractivity contribution is -0.338. The van der Waals surface area contributed by atoms with Crippen LogP contribution < -0.4 is 5.32 Å². The maximum absolute atomic E-state index is 13.5. The number of carbonyl (C=O) groups is 1. The summed E-state index contributed by atoms with van der Waals surface area (Å²) >= 11 is 0. The highest BCUT2D eigenvalue weighted by Crippen LogP contribution is 2.48. The first-order chi connectivity index (χ1) is 34.7. The van der Waals surface area contributed by atoms with Gasteiger partial charge in [0.05, 0.1) is 25.4 Å². The average Bonchev–Trinajstić information content (AvgIpc) is 3.36. The van der Waals surface area contributed by atoms with Crippen LogP contribution in [0.25, 0.3) is 0 Å². The molecule has 1 amide bonds. The van der Waals surface area contributed by atoms with E-state index in [9.17, 15) is 60.2 Å². The number of phosphoric ester groups is 1. The fourth-order valence-corrected chi connectivity index (χ4v) is 10.9. The van der Waals surface area contributed by atoms with E-state index in [1.165, 1.54) is 154 Å². The van der Waals surface area contributed by atoms with Crippen LogP contribution in [0.1, 0.15) is 245 Å². The Morgan fingerprint density at radius 2 is 0.875 bits per heavy atom. The summed E-state index contributed by atoms with van der Waals surface area (Å²) < 4.78 is 35.0. The van der Waals surface area contributed by atoms with E-state index in [-0.39, 0.29) is 18.7 Å². The van der Waals surface area contributed by atoms with Gasteiger partial charge in [-0.1, -0.05) is 226 Å². The van der Waals surface area contributed by atoms with Gasteiger partial charge in [-0.3, -0.25) is 13.8 Å². The topological polar surface area (TPSA) is 285 Å². The molecule has 14 unspecified atom stereocenters. The number of unbranched alkanes of at least 4 members (excludes halogenated alkanes) is 32. The zero-order valence-electron chi connectivity index (χ0n) is 44.7. The zero-order valence-corrected chi connectivity index (χ0v) is 45.6. The number of hydrogen-bond donors (Lipinski definition) is 11. The summed E-state index contributed by atoms with van der Waals surface area (Å²) in [6, 6.07) is -1.13. The van der Waals surface area contributed by atoms with Crippen LogP contribution in [0.4, 0.5) is 0 Å². The first-order valence-corrected chi connectivity index (χ1v) is 30.5. The molecule has 18 heteroatoms. The molecule has 0 aromatic heterocycles. The van der Waals surface area contributed by atoms with Crippen molar-refractivity contribution in [3.63, 3.8) is 0 Å². The largest absolute Gasteiger partial charge is 0.472 e. The van der Waals surface area contributed by atoms with Gasteiger partial charge in [0, 0.05) is 6.42 Å². The molecule has 0 aromatic rings. The standard InChI is InChI=1S/C54H106NO16P/c1-3-5-7-9-11-13-15-17-18-19-20-21-22-23-24-26-28-30-32-34-36-38-44(58)55-41(42(57)37-35-33-31-29-27-25-16-14-12-10-8-6-4-2)40-68-72(66,67)71-53-50(64)48(62)47(61)49(63)52(53)70-54-51(65)46(60)45(59)43(39-56)69-54/h41-43,45-54,56-57,59-65H,3-40H2,1-2H3,(H,55,58)(H,66,67). The summed E-state index contributed by atoms with van der Waals surface area (Å²) in [5.74, 6) is -0.365. The molecule has 2 aliphatic rings. The number of aliphatic hydroxyl groups is 9. The molecule has 14 atom stereocenters. The van der Waals surface area contributed by atoms with Crippen molar-refractivity contribution in [1.82, 2.24) is 5.32 Å². The van der Waals surface area contributed by atoms with Crippen LogP contribution in [0.3, 0.4) is 0 Å². The van der Waals surface area contributed by atoms with Crippen LogP contribution in [0.5, 0.6) is 0 Å². The van der Waals surface area contributed by atoms with Crippen LogP contribution in [0.15, 0.2) is 0 Å². The van der Waals surface area contributed by atoms with Gasteiger partial charge in [0.1, 0.15) is 61.0 Å². The van der Waals surface area contributed by atoms with E-state index >= 15 is 0 Å². The number of aliphatic hydroxyl groups excluding tert-OH is 9. The van der Waals surface area contributed by atoms with Crippen LogP contribution in [0, 0.1) is 0 Å². The Balaban J connectivity index is 1.86. The number of amides is 1. The number of hydrogen-bond acceptors (Lipinski definition) is 15. The molecule has 1 saturated carbocycles. The van der Waals surface area contributed by atoms with Gasteiger partial charge < -0.3 is 65.6 Å². The van der Waals surface area contributed by atoms with Gasteiger partial charge in [0.2, 0.25) is 5.91 Å². The summed E-state index contributed by atoms with van der Waals surface area (Å²) in [6.45, 7) is 2.95. The third kappa shape index (κ3) is 28.5. The van der Waals surface area contributed by atoms with Crippen molar-refractivity contribution in [1.29, 1.82) is 0 Å². The van der Waals surface area contributed by atoms with E-state index in [1.807, 2.05) is 0 Å². The summed E-state index contributed by atoms with van der Waals surface area (Å²) in [5.41, 5.74) is 0. The third-order valence-electron chi connectivity index (χ3n) is 14.8. The Labute approximate surface area is 434 Å². The van der Waals surface area contributed by atoms with Crippen LogP contribution in [0.2, 0.25) is 0 Å². The minimum Gasteiger partial charge on any atom is -0.394 e. The first-order valence-electron chi connectivity index (χ1n) is 29.0. The molecule has 0 spiro atoms. The fourth-order valence-electron chi connectivity index (χ4n) is 9.97. The summed E-state index contributed by atoms with van der Waals surface area (Å²) in [6.07, 6.45) is 18.6. The van der Waals surface area contributed by atoms with E-state index in [1.54, 1.807) is 0 Å². The number of ether oxygens (including phenoxy) is 2. The second-order valence-corrected chi connectivity index (χ2v) is 22.6. The van der Waals surface area contributed by atoms with E-state index in [0.717, 1.165) is 51.4 Å². The van der Waals surface area contributed by atoms with Crippen molar-refractivity contribution in [2.75, 3.05) is 13.2 Å². The predicted molar refractivity (Wildman–Crippen MR) is 279 cm³/mol. The molecule has 72 heavy (non-hydrogen) atoms. The Hall–Kier alpha value is -0.860. The van der Waals surface area contributed by atoms with Crippen molar-refractivity contribution in [3.8, 4) is 0 Å². The lowest BCUT2D eigenvalue weighted by atomic mass is 9.84. The fraction of sp³-hybridized carbons (Fsp3) is 0.981. The third-order valence-corrected chi connectivity index (χ3v) is 15.8. The lowest BCUT2D eigenvalue weighted by Crippen LogP contribution is -2.67. The molecule has 428 valence electrons. The zero-order chi connectivity index (χ0) is 53.0. The number of rotatable bonds is 46. The van der Waals surface area contributed by atoms with Gasteiger partial charge in [-0.15, -0.1) is 0 Å². The van der Waals surface area contributed by atoms with Crippen molar-refractivity contribution >= 4 is 13.7 Å². The molecule has 1 heterocycles. The molecular weight excluding hydrogens is 950 g/mol. The van der Waals surface area contributed by atoms with Crippen molar-refractivity contribution < 1.29 is 78.7 Å². The van der Waals surface area contributed by atoms with Gasteiger partial charge >= 0.3 is 7.82 Å². The molecule has 0 radical (unpaired) electrons. The average molecular weight is 1060 g/mol. The van der Waals surface area contributed by atoms with Crippen molar-refractivity contribution in [2.45, 2.75) is 324 Å². The van der Waals surface area contributed by atoms with Gasteiger partial charge in [-0.05, 0) is 12.8 Å². The molecule has 0 aromatic carbocycles. The smallest absolute Gasteiger partial charge is 0.394 e. The SMILES string of the molecule is CCCCCCCCCCCCCCCCCCCCCCCC(=O)NC(COP(=O)(O)OC1C(O)C(O)C(O)C(O)C1OC1OC(CO)C(O)C(O)C1O)C(O)CCCCCCCCCCCCCCC. The number of phosphoric acid groups is 1. The number of carbonyl (C=O) groups excluding carboxylic acids is 1. The Morgan fingerprint density at radius 3 is 1.28 bits per heavy atom. The summed E-state index contributed by atoms with van der Waals surface area (Å²) in [5, 5.41) is 97.4. The molecule has 1 aliphatic heterocycles. The van der Waals surface area contributed by atoms with Gasteiger partial charge in [0.25, 0.3) is 0 Å². The quantitative estimate of drug-likeness (QED) is 0.0203. The van der Waals surface area contributed by atoms with Crippen molar-refractivity contribution in [3.05, 3.63) is 0 Å². The molecule has 1 saturated heterocycles. The highest BCUT2D eigenvalue weighted by atomic mass is 31.2. The summed E-state index contributed by atoms with van der Waals surface area (Å²) in [7, 11) is -5.31. The summed E-state index contributed by atoms with van der Waals surface area (Å²) in [4.78, 5) is 24.2. The predicted octanol–water partition coefficient (Wildman–Crippen LogP) is 8.06. The van der Waals surface area contributed by atoms with Gasteiger partial charge in [-0.2, -0.15) is 0 Å². The molecule has 2 rings (SSSR count). The monoisotopic (exact) mass is 1060 g/mol. The first kappa shape index (κ1) is 67.3. The van der Waals surface area contributed by atoms with Crippen LogP contribution >= 0.6 is 7.82 Å². The normalized spacial score (nSPS) is 27.4. The second kappa shape index (κ2) is 41.3. The van der Waals surface area contributed by atoms with E-state index in [0.29, 0.717) is 12.8 Å². The molecule has 1 aliphatic carbocycles. The minimum absolute atomic E-state index is 0.178.